The Morgan fingerprint density at radius 1 is 0.893 bits per heavy atom. The number of urea groups is 1. The summed E-state index contributed by atoms with van der Waals surface area (Å²) >= 11 is 0. The minimum atomic E-state index is -0.107. The van der Waals surface area contributed by atoms with E-state index in [4.69, 9.17) is 0 Å². The van der Waals surface area contributed by atoms with Crippen molar-refractivity contribution in [2.75, 3.05) is 37.6 Å². The average molecular weight is 379 g/mol. The molecule has 0 unspecified atom stereocenters. The fourth-order valence-electron chi connectivity index (χ4n) is 3.75. The van der Waals surface area contributed by atoms with Crippen LogP contribution in [0, 0.1) is 0 Å². The van der Waals surface area contributed by atoms with E-state index < -0.39 is 0 Å². The van der Waals surface area contributed by atoms with E-state index in [0.717, 1.165) is 18.9 Å². The normalized spacial score (nSPS) is 16.1. The molecule has 1 fully saturated rings. The van der Waals surface area contributed by atoms with Crippen LogP contribution in [0.4, 0.5) is 10.6 Å². The van der Waals surface area contributed by atoms with Crippen molar-refractivity contribution in [3.63, 3.8) is 0 Å². The molecular formula is C21H25N5O2. The van der Waals surface area contributed by atoms with Gasteiger partial charge in [0.15, 0.2) is 0 Å². The molecule has 1 saturated heterocycles. The van der Waals surface area contributed by atoms with Gasteiger partial charge >= 0.3 is 6.03 Å². The summed E-state index contributed by atoms with van der Waals surface area (Å²) in [5, 5.41) is 2.88. The summed E-state index contributed by atoms with van der Waals surface area (Å²) in [5.74, 6) is 1.04. The molecule has 0 radical (unpaired) electrons. The summed E-state index contributed by atoms with van der Waals surface area (Å²) in [6, 6.07) is 13.8. The van der Waals surface area contributed by atoms with E-state index in [1.54, 1.807) is 11.1 Å². The number of piperazine rings is 1. The van der Waals surface area contributed by atoms with Gasteiger partial charge in [0.2, 0.25) is 5.91 Å². The molecule has 1 aromatic carbocycles. The van der Waals surface area contributed by atoms with Gasteiger partial charge in [-0.2, -0.15) is 0 Å². The van der Waals surface area contributed by atoms with Crippen LogP contribution in [0.3, 0.4) is 0 Å². The van der Waals surface area contributed by atoms with Crippen LogP contribution >= 0.6 is 0 Å². The largest absolute Gasteiger partial charge is 0.353 e. The lowest BCUT2D eigenvalue weighted by Gasteiger charge is -2.35. The average Bonchev–Trinajstić information content (AvgIpc) is 3.19. The van der Waals surface area contributed by atoms with E-state index >= 15 is 0 Å². The van der Waals surface area contributed by atoms with E-state index in [2.05, 4.69) is 27.3 Å². The summed E-state index contributed by atoms with van der Waals surface area (Å²) in [4.78, 5) is 35.0. The predicted molar refractivity (Wildman–Crippen MR) is 107 cm³/mol. The Kier molecular flexibility index (Phi) is 5.41. The molecule has 2 aromatic rings. The molecule has 2 aliphatic heterocycles. The third kappa shape index (κ3) is 4.08. The first-order valence-corrected chi connectivity index (χ1v) is 9.74. The van der Waals surface area contributed by atoms with Crippen LogP contribution in [-0.2, 0) is 17.9 Å². The Morgan fingerprint density at radius 3 is 2.21 bits per heavy atom. The molecule has 146 valence electrons. The van der Waals surface area contributed by atoms with E-state index in [9.17, 15) is 9.59 Å². The third-order valence-corrected chi connectivity index (χ3v) is 5.35. The van der Waals surface area contributed by atoms with Crippen LogP contribution in [0.1, 0.15) is 17.5 Å². The minimum Gasteiger partial charge on any atom is -0.353 e. The number of aromatic nitrogens is 1. The van der Waals surface area contributed by atoms with Crippen LogP contribution in [-0.4, -0.2) is 59.4 Å². The first kappa shape index (κ1) is 18.3. The van der Waals surface area contributed by atoms with Gasteiger partial charge in [-0.3, -0.25) is 4.79 Å². The summed E-state index contributed by atoms with van der Waals surface area (Å²) in [6.45, 7) is 4.56. The van der Waals surface area contributed by atoms with Crippen LogP contribution < -0.4 is 10.2 Å². The molecule has 7 heteroatoms. The fraction of sp³-hybridized carbons (Fsp3) is 0.381. The molecule has 4 rings (SSSR count). The zero-order valence-electron chi connectivity index (χ0n) is 15.9. The summed E-state index contributed by atoms with van der Waals surface area (Å²) in [7, 11) is 0. The number of benzene rings is 1. The summed E-state index contributed by atoms with van der Waals surface area (Å²) in [5.41, 5.74) is 2.39. The van der Waals surface area contributed by atoms with Crippen LogP contribution in [0.2, 0.25) is 0 Å². The van der Waals surface area contributed by atoms with Crippen molar-refractivity contribution in [2.24, 2.45) is 0 Å². The number of carbonyl (C=O) groups is 2. The first-order valence-electron chi connectivity index (χ1n) is 9.74. The van der Waals surface area contributed by atoms with Crippen molar-refractivity contribution in [3.8, 4) is 0 Å². The van der Waals surface area contributed by atoms with Gasteiger partial charge < -0.3 is 20.0 Å². The van der Waals surface area contributed by atoms with Crippen molar-refractivity contribution in [1.82, 2.24) is 20.1 Å². The molecule has 28 heavy (non-hydrogen) atoms. The number of pyridine rings is 1. The van der Waals surface area contributed by atoms with Crippen molar-refractivity contribution >= 4 is 17.8 Å². The number of nitrogens with one attached hydrogen (secondary N) is 1. The number of hydrogen-bond donors (Lipinski definition) is 1. The highest BCUT2D eigenvalue weighted by molar-refractivity contribution is 5.79. The number of nitrogens with zero attached hydrogens (tertiary/aromatic N) is 4. The minimum absolute atomic E-state index is 0.0886. The molecule has 0 aliphatic carbocycles. The molecule has 3 amide bonds. The molecular weight excluding hydrogens is 354 g/mol. The maximum atomic E-state index is 12.4. The van der Waals surface area contributed by atoms with Crippen LogP contribution in [0.5, 0.6) is 0 Å². The summed E-state index contributed by atoms with van der Waals surface area (Å²) in [6.07, 6.45) is 2.12. The predicted octanol–water partition coefficient (Wildman–Crippen LogP) is 1.85. The molecule has 3 heterocycles. The second kappa shape index (κ2) is 8.29. The van der Waals surface area contributed by atoms with E-state index in [1.165, 1.54) is 11.1 Å². The quantitative estimate of drug-likeness (QED) is 0.880. The Hall–Kier alpha value is -3.09. The number of carbonyl (C=O) groups excluding carboxylic acids is 2. The standard InChI is InChI=1S/C21H25N5O2/c27-20(25-13-11-24(12-14-25)19-7-3-4-9-22-19)8-10-23-21(28)26-15-17-5-1-2-6-18(17)16-26/h1-7,9H,8,10-16H2,(H,23,28). The molecule has 1 N–H and O–H groups in total. The van der Waals surface area contributed by atoms with Crippen molar-refractivity contribution in [2.45, 2.75) is 19.5 Å². The molecule has 1 aromatic heterocycles. The molecule has 7 nitrogen and oxygen atoms in total. The van der Waals surface area contributed by atoms with Crippen molar-refractivity contribution in [1.29, 1.82) is 0 Å². The third-order valence-electron chi connectivity index (χ3n) is 5.35. The Bertz CT molecular complexity index is 809. The number of rotatable bonds is 4. The molecule has 0 bridgehead atoms. The van der Waals surface area contributed by atoms with Crippen LogP contribution in [0.25, 0.3) is 0 Å². The molecule has 2 aliphatic rings. The van der Waals surface area contributed by atoms with Crippen molar-refractivity contribution in [3.05, 3.63) is 59.8 Å². The maximum absolute atomic E-state index is 12.4. The van der Waals surface area contributed by atoms with Gasteiger partial charge in [0, 0.05) is 58.4 Å². The summed E-state index contributed by atoms with van der Waals surface area (Å²) < 4.78 is 0. The second-order valence-electron chi connectivity index (χ2n) is 7.16. The molecule has 0 spiro atoms. The van der Waals surface area contributed by atoms with Gasteiger partial charge in [0.25, 0.3) is 0 Å². The highest BCUT2D eigenvalue weighted by atomic mass is 16.2. The molecule has 0 saturated carbocycles. The highest BCUT2D eigenvalue weighted by Crippen LogP contribution is 2.21. The van der Waals surface area contributed by atoms with E-state index in [-0.39, 0.29) is 11.9 Å². The zero-order valence-corrected chi connectivity index (χ0v) is 15.9. The van der Waals surface area contributed by atoms with E-state index in [0.29, 0.717) is 39.1 Å². The lowest BCUT2D eigenvalue weighted by atomic mass is 10.1. The van der Waals surface area contributed by atoms with Gasteiger partial charge in [-0.1, -0.05) is 30.3 Å². The SMILES string of the molecule is O=C(CCNC(=O)N1Cc2ccccc2C1)N1CCN(c2ccccn2)CC1. The smallest absolute Gasteiger partial charge is 0.318 e. The fourth-order valence-corrected chi connectivity index (χ4v) is 3.75. The van der Waals surface area contributed by atoms with Gasteiger partial charge in [0.1, 0.15) is 5.82 Å². The van der Waals surface area contributed by atoms with Gasteiger partial charge in [-0.05, 0) is 23.3 Å². The number of hydrogen-bond acceptors (Lipinski definition) is 4. The number of fused-ring (bicyclic) bond motifs is 1. The first-order chi connectivity index (χ1) is 13.7. The van der Waals surface area contributed by atoms with Gasteiger partial charge in [0.05, 0.1) is 0 Å². The highest BCUT2D eigenvalue weighted by Gasteiger charge is 2.24. The number of anilines is 1. The Morgan fingerprint density at radius 2 is 1.57 bits per heavy atom. The van der Waals surface area contributed by atoms with Gasteiger partial charge in [-0.15, -0.1) is 0 Å². The topological polar surface area (TPSA) is 68.8 Å². The Labute approximate surface area is 164 Å². The zero-order chi connectivity index (χ0) is 19.3. The van der Waals surface area contributed by atoms with Gasteiger partial charge in [-0.25, -0.2) is 9.78 Å². The van der Waals surface area contributed by atoms with E-state index in [1.807, 2.05) is 35.2 Å². The van der Waals surface area contributed by atoms with Crippen LogP contribution in [0.15, 0.2) is 48.7 Å². The number of amides is 3. The van der Waals surface area contributed by atoms with Crippen molar-refractivity contribution < 1.29 is 9.59 Å². The monoisotopic (exact) mass is 379 g/mol. The Balaban J connectivity index is 1.18. The second-order valence-corrected chi connectivity index (χ2v) is 7.16. The lowest BCUT2D eigenvalue weighted by molar-refractivity contribution is -0.131. The maximum Gasteiger partial charge on any atom is 0.318 e. The molecule has 0 atom stereocenters. The lowest BCUT2D eigenvalue weighted by Crippen LogP contribution is -2.49.